The molecule has 0 unspecified atom stereocenters. The van der Waals surface area contributed by atoms with Gasteiger partial charge in [0.2, 0.25) is 10.0 Å². The first kappa shape index (κ1) is 19.6. The molecule has 2 aromatic rings. The number of benzene rings is 1. The van der Waals surface area contributed by atoms with Crippen molar-refractivity contribution in [2.24, 2.45) is 0 Å². The van der Waals surface area contributed by atoms with Gasteiger partial charge in [0.25, 0.3) is 5.91 Å². The first-order chi connectivity index (χ1) is 11.8. The van der Waals surface area contributed by atoms with Crippen molar-refractivity contribution in [3.63, 3.8) is 0 Å². The molecule has 1 N–H and O–H groups in total. The van der Waals surface area contributed by atoms with Gasteiger partial charge in [-0.3, -0.25) is 4.79 Å². The Morgan fingerprint density at radius 3 is 2.72 bits per heavy atom. The van der Waals surface area contributed by atoms with E-state index >= 15 is 0 Å². The summed E-state index contributed by atoms with van der Waals surface area (Å²) < 4.78 is 32.0. The van der Waals surface area contributed by atoms with Gasteiger partial charge in [-0.2, -0.15) is 11.3 Å². The van der Waals surface area contributed by atoms with Crippen LogP contribution < -0.4 is 4.72 Å². The maximum Gasteiger partial charge on any atom is 0.254 e. The van der Waals surface area contributed by atoms with Crippen LogP contribution in [-0.4, -0.2) is 46.5 Å². The number of amides is 1. The van der Waals surface area contributed by atoms with E-state index in [0.29, 0.717) is 12.1 Å². The number of hydrogen-bond donors (Lipinski definition) is 1. The fourth-order valence-corrected chi connectivity index (χ4v) is 3.99. The van der Waals surface area contributed by atoms with E-state index in [9.17, 15) is 13.2 Å². The van der Waals surface area contributed by atoms with Crippen LogP contribution in [0.15, 0.2) is 39.9 Å². The van der Waals surface area contributed by atoms with Crippen molar-refractivity contribution in [1.29, 1.82) is 0 Å². The number of sulfonamides is 1. The molecule has 2 rings (SSSR count). The van der Waals surface area contributed by atoms with E-state index in [1.165, 1.54) is 19.2 Å². The molecule has 136 valence electrons. The average Bonchev–Trinajstić information content (AvgIpc) is 3.07. The molecule has 1 aromatic carbocycles. The molecule has 0 radical (unpaired) electrons. The largest absolute Gasteiger partial charge is 0.383 e. The molecule has 0 saturated heterocycles. The molecule has 1 amide bonds. The third-order valence-corrected chi connectivity index (χ3v) is 5.89. The van der Waals surface area contributed by atoms with Crippen LogP contribution >= 0.6 is 11.3 Å². The average molecular weight is 383 g/mol. The normalized spacial score (nSPS) is 11.5. The lowest BCUT2D eigenvalue weighted by atomic mass is 10.1. The van der Waals surface area contributed by atoms with Crippen LogP contribution in [0.3, 0.4) is 0 Å². The van der Waals surface area contributed by atoms with Crippen molar-refractivity contribution in [2.45, 2.75) is 18.4 Å². The maximum atomic E-state index is 12.7. The second kappa shape index (κ2) is 8.57. The van der Waals surface area contributed by atoms with Gasteiger partial charge in [-0.25, -0.2) is 13.1 Å². The van der Waals surface area contributed by atoms with E-state index in [4.69, 9.17) is 4.74 Å². The van der Waals surface area contributed by atoms with Crippen LogP contribution in [0.4, 0.5) is 0 Å². The maximum absolute atomic E-state index is 12.7. The minimum atomic E-state index is -3.68. The lowest BCUT2D eigenvalue weighted by Crippen LogP contribution is -2.29. The highest BCUT2D eigenvalue weighted by atomic mass is 32.2. The molecule has 0 aliphatic carbocycles. The third-order valence-electron chi connectivity index (χ3n) is 3.69. The molecule has 0 saturated carbocycles. The van der Waals surface area contributed by atoms with E-state index in [0.717, 1.165) is 11.1 Å². The van der Waals surface area contributed by atoms with Crippen molar-refractivity contribution in [2.75, 3.05) is 27.3 Å². The van der Waals surface area contributed by atoms with E-state index in [-0.39, 0.29) is 24.0 Å². The number of hydrogen-bond acceptors (Lipinski definition) is 5. The molecule has 25 heavy (non-hydrogen) atoms. The van der Waals surface area contributed by atoms with Crippen LogP contribution in [0.5, 0.6) is 0 Å². The van der Waals surface area contributed by atoms with Gasteiger partial charge in [-0.15, -0.1) is 0 Å². The second-order valence-electron chi connectivity index (χ2n) is 5.66. The Hall–Kier alpha value is -1.74. The zero-order chi connectivity index (χ0) is 18.4. The molecule has 0 aliphatic rings. The summed E-state index contributed by atoms with van der Waals surface area (Å²) in [5, 5.41) is 3.94. The number of carbonyl (C=O) groups excluding carboxylic acids is 1. The van der Waals surface area contributed by atoms with Crippen molar-refractivity contribution >= 4 is 27.3 Å². The first-order valence-corrected chi connectivity index (χ1v) is 10.1. The van der Waals surface area contributed by atoms with Gasteiger partial charge >= 0.3 is 0 Å². The molecule has 0 spiro atoms. The summed E-state index contributed by atoms with van der Waals surface area (Å²) in [6.07, 6.45) is 0. The molecule has 1 aromatic heterocycles. The Kier molecular flexibility index (Phi) is 6.71. The van der Waals surface area contributed by atoms with Crippen LogP contribution in [0, 0.1) is 6.92 Å². The molecular weight excluding hydrogens is 360 g/mol. The Morgan fingerprint density at radius 2 is 2.08 bits per heavy atom. The number of aryl methyl sites for hydroxylation is 1. The lowest BCUT2D eigenvalue weighted by Gasteiger charge is -2.18. The van der Waals surface area contributed by atoms with Crippen LogP contribution in [0.1, 0.15) is 21.5 Å². The molecular formula is C17H22N2O4S2. The summed E-state index contributed by atoms with van der Waals surface area (Å²) in [7, 11) is -0.474. The highest BCUT2D eigenvalue weighted by Gasteiger charge is 2.20. The number of nitrogens with one attached hydrogen (secondary N) is 1. The molecule has 0 fully saturated rings. The van der Waals surface area contributed by atoms with Crippen molar-refractivity contribution < 1.29 is 17.9 Å². The number of thiophene rings is 1. The number of methoxy groups -OCH3 is 1. The number of nitrogens with zero attached hydrogens (tertiary/aromatic N) is 1. The first-order valence-electron chi connectivity index (χ1n) is 7.71. The minimum absolute atomic E-state index is 0.0708. The summed E-state index contributed by atoms with van der Waals surface area (Å²) in [5.74, 6) is -0.211. The number of carbonyl (C=O) groups is 1. The highest BCUT2D eigenvalue weighted by Crippen LogP contribution is 2.18. The number of rotatable bonds is 8. The van der Waals surface area contributed by atoms with Crippen molar-refractivity contribution in [3.8, 4) is 0 Å². The number of ether oxygens (including phenoxy) is 1. The van der Waals surface area contributed by atoms with Crippen molar-refractivity contribution in [1.82, 2.24) is 9.62 Å². The lowest BCUT2D eigenvalue weighted by molar-refractivity contribution is 0.0784. The summed E-state index contributed by atoms with van der Waals surface area (Å²) in [6, 6.07) is 6.54. The van der Waals surface area contributed by atoms with Gasteiger partial charge in [-0.05, 0) is 47.0 Å². The van der Waals surface area contributed by atoms with Gasteiger partial charge in [0, 0.05) is 32.8 Å². The fraction of sp³-hybridized carbons (Fsp3) is 0.353. The van der Waals surface area contributed by atoms with E-state index in [1.807, 2.05) is 16.8 Å². The predicted octanol–water partition coefficient (Wildman–Crippen LogP) is 2.25. The predicted molar refractivity (Wildman–Crippen MR) is 98.4 cm³/mol. The smallest absolute Gasteiger partial charge is 0.254 e. The zero-order valence-electron chi connectivity index (χ0n) is 14.5. The summed E-state index contributed by atoms with van der Waals surface area (Å²) in [5.41, 5.74) is 2.16. The molecule has 0 atom stereocenters. The van der Waals surface area contributed by atoms with Gasteiger partial charge < -0.3 is 9.64 Å². The van der Waals surface area contributed by atoms with E-state index in [2.05, 4.69) is 4.72 Å². The van der Waals surface area contributed by atoms with E-state index < -0.39 is 10.0 Å². The molecule has 6 nitrogen and oxygen atoms in total. The Balaban J connectivity index is 2.21. The monoisotopic (exact) mass is 382 g/mol. The highest BCUT2D eigenvalue weighted by molar-refractivity contribution is 7.89. The summed E-state index contributed by atoms with van der Waals surface area (Å²) >= 11 is 1.57. The van der Waals surface area contributed by atoms with Crippen LogP contribution in [-0.2, 0) is 21.3 Å². The molecule has 0 bridgehead atoms. The molecule has 1 heterocycles. The SMILES string of the molecule is COCCNS(=O)(=O)c1ccc(C)c(C(=O)N(C)Cc2ccsc2)c1. The second-order valence-corrected chi connectivity index (χ2v) is 8.21. The van der Waals surface area contributed by atoms with Gasteiger partial charge in [0.1, 0.15) is 0 Å². The molecule has 0 aliphatic heterocycles. The quantitative estimate of drug-likeness (QED) is 0.711. The zero-order valence-corrected chi connectivity index (χ0v) is 16.1. The van der Waals surface area contributed by atoms with Gasteiger partial charge in [0.05, 0.1) is 11.5 Å². The summed E-state index contributed by atoms with van der Waals surface area (Å²) in [4.78, 5) is 14.4. The van der Waals surface area contributed by atoms with Crippen molar-refractivity contribution in [3.05, 3.63) is 51.7 Å². The standard InChI is InChI=1S/C17H22N2O4S2/c1-13-4-5-15(25(21,22)18-7-8-23-3)10-16(13)17(20)19(2)11-14-6-9-24-12-14/h4-6,9-10,12,18H,7-8,11H2,1-3H3. The van der Waals surface area contributed by atoms with Crippen LogP contribution in [0.25, 0.3) is 0 Å². The molecule has 8 heteroatoms. The Bertz CT molecular complexity index is 817. The van der Waals surface area contributed by atoms with E-state index in [1.54, 1.807) is 36.3 Å². The summed E-state index contributed by atoms with van der Waals surface area (Å²) in [6.45, 7) is 2.72. The third kappa shape index (κ3) is 5.12. The van der Waals surface area contributed by atoms with Crippen LogP contribution in [0.2, 0.25) is 0 Å². The minimum Gasteiger partial charge on any atom is -0.383 e. The van der Waals surface area contributed by atoms with Gasteiger partial charge in [-0.1, -0.05) is 6.07 Å². The fourth-order valence-electron chi connectivity index (χ4n) is 2.29. The topological polar surface area (TPSA) is 75.7 Å². The van der Waals surface area contributed by atoms with Gasteiger partial charge in [0.15, 0.2) is 0 Å². The Morgan fingerprint density at radius 1 is 1.32 bits per heavy atom. The Labute approximate surface area is 152 Å².